The van der Waals surface area contributed by atoms with Crippen molar-refractivity contribution in [2.45, 2.75) is 51.9 Å². The maximum atomic E-state index is 5.61. The van der Waals surface area contributed by atoms with Gasteiger partial charge >= 0.3 is 0 Å². The normalized spacial score (nSPS) is 14.8. The van der Waals surface area contributed by atoms with E-state index in [0.717, 1.165) is 44.9 Å². The number of para-hydroxylation sites is 3. The van der Waals surface area contributed by atoms with Crippen LogP contribution in [-0.4, -0.2) is 9.13 Å². The number of unbranched alkanes of at least 4 members (excludes halogenated alkanes) is 1. The largest absolute Gasteiger partial charge is 0.312 e. The van der Waals surface area contributed by atoms with Gasteiger partial charge in [0.2, 0.25) is 0 Å². The Morgan fingerprint density at radius 2 is 1.44 bits per heavy atom. The Kier molecular flexibility index (Phi) is 8.34. The fourth-order valence-electron chi connectivity index (χ4n) is 8.81. The van der Waals surface area contributed by atoms with Gasteiger partial charge in [-0.15, -0.1) is 12.3 Å². The van der Waals surface area contributed by atoms with Crippen molar-refractivity contribution in [2.24, 2.45) is 0 Å². The van der Waals surface area contributed by atoms with Crippen LogP contribution in [0, 0.1) is 12.3 Å². The van der Waals surface area contributed by atoms with E-state index in [4.69, 9.17) is 6.42 Å². The maximum Gasteiger partial charge on any atom is 0.0544 e. The fraction of sp³-hybridized carbons (Fsp3) is 0.160. The minimum Gasteiger partial charge on any atom is -0.312 e. The number of terminal acetylenes is 1. The summed E-state index contributed by atoms with van der Waals surface area (Å²) in [7, 11) is 0. The Morgan fingerprint density at radius 3 is 2.29 bits per heavy atom. The van der Waals surface area contributed by atoms with Gasteiger partial charge in [-0.1, -0.05) is 121 Å². The first-order valence-electron chi connectivity index (χ1n) is 18.7. The molecule has 2 heterocycles. The van der Waals surface area contributed by atoms with Crippen LogP contribution < -0.4 is 0 Å². The molecule has 252 valence electrons. The predicted octanol–water partition coefficient (Wildman–Crippen LogP) is 13.0. The third kappa shape index (κ3) is 5.28. The lowest BCUT2D eigenvalue weighted by molar-refractivity contribution is 0.882. The molecule has 0 N–H and O–H groups in total. The minimum absolute atomic E-state index is 0.749. The molecular formula is C50H42N2. The summed E-state index contributed by atoms with van der Waals surface area (Å²) in [5.41, 5.74) is 17.0. The van der Waals surface area contributed by atoms with Crippen LogP contribution in [0.2, 0.25) is 0 Å². The van der Waals surface area contributed by atoms with Crippen LogP contribution in [0.1, 0.15) is 73.4 Å². The topological polar surface area (TPSA) is 9.86 Å². The van der Waals surface area contributed by atoms with Crippen LogP contribution in [0.15, 0.2) is 146 Å². The molecule has 5 aromatic carbocycles. The van der Waals surface area contributed by atoms with Crippen LogP contribution >= 0.6 is 0 Å². The second-order valence-electron chi connectivity index (χ2n) is 14.0. The molecule has 0 amide bonds. The molecule has 0 saturated carbocycles. The molecule has 2 aliphatic carbocycles. The van der Waals surface area contributed by atoms with Crippen molar-refractivity contribution in [2.75, 3.05) is 0 Å². The molecule has 0 aliphatic heterocycles. The van der Waals surface area contributed by atoms with E-state index < -0.39 is 0 Å². The Labute approximate surface area is 306 Å². The molecule has 0 spiro atoms. The summed E-state index contributed by atoms with van der Waals surface area (Å²) in [5, 5.41) is 3.93. The highest BCUT2D eigenvalue weighted by Crippen LogP contribution is 2.46. The smallest absolute Gasteiger partial charge is 0.0544 e. The number of aromatic nitrogens is 2. The molecule has 2 nitrogen and oxygen atoms in total. The van der Waals surface area contributed by atoms with Crippen LogP contribution in [0.5, 0.6) is 0 Å². The van der Waals surface area contributed by atoms with Crippen LogP contribution in [0.25, 0.3) is 60.8 Å². The zero-order valence-electron chi connectivity index (χ0n) is 29.8. The zero-order valence-corrected chi connectivity index (χ0v) is 29.8. The first-order chi connectivity index (χ1) is 25.7. The van der Waals surface area contributed by atoms with Gasteiger partial charge in [0, 0.05) is 51.5 Å². The standard InChI is InChI=1S/C50H42N2/c1-3-4-7-20-35(2)37-23-12-15-30-43(37)51-45-31-16-13-25-41(45)49-39(27-18-33-47(49)51)40-28-19-34-48-50(40)42-26-14-17-32-46(42)52(48)44-29-11-6-10-24-38(44)36-21-8-5-9-22-36/h1,5-6,8-9,11-17,19-23,25-28,30-32,34H,4,7,10,18,24,29,33H2,2H3/b35-20+. The Morgan fingerprint density at radius 1 is 0.712 bits per heavy atom. The average molecular weight is 671 g/mol. The number of nitrogens with zero attached hydrogens (tertiary/aromatic N) is 2. The number of fused-ring (bicyclic) bond motifs is 6. The van der Waals surface area contributed by atoms with E-state index in [1.54, 1.807) is 0 Å². The molecule has 52 heavy (non-hydrogen) atoms. The summed E-state index contributed by atoms with van der Waals surface area (Å²) in [6, 6.07) is 44.9. The average Bonchev–Trinajstić information content (AvgIpc) is 3.60. The molecule has 2 aromatic heterocycles. The molecule has 0 unspecified atom stereocenters. The molecule has 0 bridgehead atoms. The monoisotopic (exact) mass is 670 g/mol. The quantitative estimate of drug-likeness (QED) is 0.0907. The van der Waals surface area contributed by atoms with E-state index in [0.29, 0.717) is 0 Å². The van der Waals surface area contributed by atoms with Gasteiger partial charge in [-0.3, -0.25) is 0 Å². The van der Waals surface area contributed by atoms with Crippen molar-refractivity contribution >= 4 is 55.1 Å². The molecular weight excluding hydrogens is 629 g/mol. The number of allylic oxidation sites excluding steroid dienone is 7. The lowest BCUT2D eigenvalue weighted by Gasteiger charge is -2.21. The first-order valence-corrected chi connectivity index (χ1v) is 18.7. The summed E-state index contributed by atoms with van der Waals surface area (Å²) in [4.78, 5) is 0. The molecule has 0 atom stereocenters. The lowest BCUT2D eigenvalue weighted by Crippen LogP contribution is -2.07. The minimum atomic E-state index is 0.749. The highest BCUT2D eigenvalue weighted by atomic mass is 15.0. The molecule has 7 aromatic rings. The zero-order chi connectivity index (χ0) is 35.0. The van der Waals surface area contributed by atoms with Gasteiger partial charge in [0.15, 0.2) is 0 Å². The lowest BCUT2D eigenvalue weighted by atomic mass is 9.87. The molecule has 0 saturated heterocycles. The van der Waals surface area contributed by atoms with Crippen molar-refractivity contribution in [3.05, 3.63) is 174 Å². The molecule has 9 rings (SSSR count). The summed E-state index contributed by atoms with van der Waals surface area (Å²) in [5.74, 6) is 2.80. The number of benzene rings is 5. The van der Waals surface area contributed by atoms with Crippen LogP contribution in [0.3, 0.4) is 0 Å². The van der Waals surface area contributed by atoms with Gasteiger partial charge in [0.1, 0.15) is 0 Å². The van der Waals surface area contributed by atoms with Crippen molar-refractivity contribution < 1.29 is 0 Å². The van der Waals surface area contributed by atoms with E-state index in [9.17, 15) is 0 Å². The maximum absolute atomic E-state index is 5.61. The fourth-order valence-corrected chi connectivity index (χ4v) is 8.81. The van der Waals surface area contributed by atoms with Crippen molar-refractivity contribution in [3.8, 4) is 18.0 Å². The molecule has 0 radical (unpaired) electrons. The van der Waals surface area contributed by atoms with Crippen molar-refractivity contribution in [1.29, 1.82) is 0 Å². The number of hydrogen-bond donors (Lipinski definition) is 0. The Balaban J connectivity index is 1.29. The SMILES string of the molecule is C#CCC/C=C(\C)c1ccccc1-n1c2c(c3ccccc31)C(c1cccc3c1c1ccccc1n3C1=C(c3ccccc3)CCC=CC1)=CCC2. The highest BCUT2D eigenvalue weighted by Gasteiger charge is 2.28. The summed E-state index contributed by atoms with van der Waals surface area (Å²) < 4.78 is 5.12. The van der Waals surface area contributed by atoms with Crippen molar-refractivity contribution in [1.82, 2.24) is 9.13 Å². The van der Waals surface area contributed by atoms with Gasteiger partial charge in [-0.25, -0.2) is 0 Å². The molecule has 2 heteroatoms. The highest BCUT2D eigenvalue weighted by molar-refractivity contribution is 6.17. The third-order valence-electron chi connectivity index (χ3n) is 11.0. The number of hydrogen-bond acceptors (Lipinski definition) is 0. The van der Waals surface area contributed by atoms with E-state index in [2.05, 4.69) is 168 Å². The third-order valence-corrected chi connectivity index (χ3v) is 11.0. The van der Waals surface area contributed by atoms with E-state index in [1.165, 1.54) is 88.8 Å². The molecule has 0 fully saturated rings. The number of rotatable bonds is 7. The van der Waals surface area contributed by atoms with E-state index in [-0.39, 0.29) is 0 Å². The van der Waals surface area contributed by atoms with Crippen LogP contribution in [-0.2, 0) is 6.42 Å². The van der Waals surface area contributed by atoms with E-state index in [1.807, 2.05) is 0 Å². The summed E-state index contributed by atoms with van der Waals surface area (Å²) in [6.45, 7) is 2.22. The predicted molar refractivity (Wildman–Crippen MR) is 222 cm³/mol. The second kappa shape index (κ2) is 13.6. The summed E-state index contributed by atoms with van der Waals surface area (Å²) in [6.07, 6.45) is 21.7. The van der Waals surface area contributed by atoms with Crippen LogP contribution in [0.4, 0.5) is 0 Å². The van der Waals surface area contributed by atoms with Gasteiger partial charge in [-0.05, 0) is 91.1 Å². The van der Waals surface area contributed by atoms with Crippen molar-refractivity contribution in [3.63, 3.8) is 0 Å². The first kappa shape index (κ1) is 31.9. The molecule has 2 aliphatic rings. The van der Waals surface area contributed by atoms with Gasteiger partial charge in [0.25, 0.3) is 0 Å². The van der Waals surface area contributed by atoms with Gasteiger partial charge < -0.3 is 9.13 Å². The Hall–Kier alpha value is -6.04. The van der Waals surface area contributed by atoms with Gasteiger partial charge in [0.05, 0.1) is 22.2 Å². The van der Waals surface area contributed by atoms with Gasteiger partial charge in [-0.2, -0.15) is 0 Å². The summed E-state index contributed by atoms with van der Waals surface area (Å²) >= 11 is 0. The Bertz CT molecular complexity index is 2660. The van der Waals surface area contributed by atoms with E-state index >= 15 is 0 Å². The second-order valence-corrected chi connectivity index (χ2v) is 14.0.